The van der Waals surface area contributed by atoms with Crippen LogP contribution in [0.3, 0.4) is 0 Å². The van der Waals surface area contributed by atoms with Gasteiger partial charge in [0.05, 0.1) is 11.4 Å². The second kappa shape index (κ2) is 3.83. The molecule has 70 valence electrons. The van der Waals surface area contributed by atoms with Crippen molar-refractivity contribution in [2.75, 3.05) is 11.1 Å². The van der Waals surface area contributed by atoms with Crippen molar-refractivity contribution in [1.29, 1.82) is 0 Å². The summed E-state index contributed by atoms with van der Waals surface area (Å²) in [6.07, 6.45) is 5.03. The van der Waals surface area contributed by atoms with E-state index in [2.05, 4.69) is 15.0 Å². The standard InChI is InChI=1S/C8H10N2O2S/c11-8(7-2-1-3-13-7)10-6-4-9-12-5-6/h4-5,7H,1-3H2,(H,10,11). The molecule has 1 N–H and O–H groups in total. The smallest absolute Gasteiger partial charge is 0.237 e. The number of hydrogen-bond acceptors (Lipinski definition) is 4. The summed E-state index contributed by atoms with van der Waals surface area (Å²) >= 11 is 1.71. The molecule has 2 heterocycles. The van der Waals surface area contributed by atoms with Crippen LogP contribution in [0.5, 0.6) is 0 Å². The van der Waals surface area contributed by atoms with Gasteiger partial charge in [-0.3, -0.25) is 4.79 Å². The first-order valence-corrected chi connectivity index (χ1v) is 5.23. The SMILES string of the molecule is O=C(Nc1cnoc1)C1CCCS1. The molecule has 5 heteroatoms. The molecule has 1 unspecified atom stereocenters. The molecule has 1 saturated heterocycles. The number of aromatic nitrogens is 1. The minimum Gasteiger partial charge on any atom is -0.363 e. The van der Waals surface area contributed by atoms with E-state index in [9.17, 15) is 4.79 Å². The van der Waals surface area contributed by atoms with Crippen molar-refractivity contribution in [3.05, 3.63) is 12.5 Å². The van der Waals surface area contributed by atoms with Crippen LogP contribution < -0.4 is 5.32 Å². The molecule has 1 aliphatic heterocycles. The largest absolute Gasteiger partial charge is 0.363 e. The Labute approximate surface area is 80.1 Å². The molecule has 4 nitrogen and oxygen atoms in total. The minimum absolute atomic E-state index is 0.0608. The van der Waals surface area contributed by atoms with Crippen molar-refractivity contribution in [2.45, 2.75) is 18.1 Å². The van der Waals surface area contributed by atoms with E-state index >= 15 is 0 Å². The maximum atomic E-state index is 11.5. The molecule has 2 rings (SSSR count). The zero-order chi connectivity index (χ0) is 9.10. The van der Waals surface area contributed by atoms with Gasteiger partial charge in [-0.15, -0.1) is 11.8 Å². The van der Waals surface area contributed by atoms with Crippen molar-refractivity contribution in [3.8, 4) is 0 Å². The van der Waals surface area contributed by atoms with E-state index in [-0.39, 0.29) is 11.2 Å². The van der Waals surface area contributed by atoms with Crippen molar-refractivity contribution in [2.24, 2.45) is 0 Å². The van der Waals surface area contributed by atoms with Crippen LogP contribution in [0.15, 0.2) is 17.0 Å². The van der Waals surface area contributed by atoms with Gasteiger partial charge in [0.25, 0.3) is 0 Å². The zero-order valence-corrected chi connectivity index (χ0v) is 7.84. The summed E-state index contributed by atoms with van der Waals surface area (Å²) in [4.78, 5) is 11.5. The number of nitrogens with one attached hydrogen (secondary N) is 1. The van der Waals surface area contributed by atoms with Gasteiger partial charge in [0.1, 0.15) is 12.0 Å². The van der Waals surface area contributed by atoms with Gasteiger partial charge in [0.15, 0.2) is 0 Å². The van der Waals surface area contributed by atoms with Crippen LogP contribution in [0.25, 0.3) is 0 Å². The highest BCUT2D eigenvalue weighted by Crippen LogP contribution is 2.26. The van der Waals surface area contributed by atoms with Crippen LogP contribution in [-0.2, 0) is 4.79 Å². The topological polar surface area (TPSA) is 55.1 Å². The Morgan fingerprint density at radius 1 is 1.77 bits per heavy atom. The van der Waals surface area contributed by atoms with Gasteiger partial charge in [0, 0.05) is 0 Å². The molecule has 1 aromatic heterocycles. The molecule has 1 fully saturated rings. The quantitative estimate of drug-likeness (QED) is 0.782. The maximum absolute atomic E-state index is 11.5. The number of carbonyl (C=O) groups is 1. The second-order valence-corrected chi connectivity index (χ2v) is 4.21. The highest BCUT2D eigenvalue weighted by molar-refractivity contribution is 8.00. The summed E-state index contributed by atoms with van der Waals surface area (Å²) in [6, 6.07) is 0. The van der Waals surface area contributed by atoms with E-state index in [1.54, 1.807) is 11.8 Å². The van der Waals surface area contributed by atoms with Gasteiger partial charge in [0.2, 0.25) is 5.91 Å². The lowest BCUT2D eigenvalue weighted by Gasteiger charge is -2.06. The predicted octanol–water partition coefficient (Wildman–Crippen LogP) is 1.51. The summed E-state index contributed by atoms with van der Waals surface area (Å²) in [6.45, 7) is 0. The number of anilines is 1. The fourth-order valence-corrected chi connectivity index (χ4v) is 2.44. The average Bonchev–Trinajstić information content (AvgIpc) is 2.74. The summed E-state index contributed by atoms with van der Waals surface area (Å²) in [5.74, 6) is 1.15. The Hall–Kier alpha value is -0.970. The van der Waals surface area contributed by atoms with E-state index in [1.807, 2.05) is 0 Å². The number of hydrogen-bond donors (Lipinski definition) is 1. The predicted molar refractivity (Wildman–Crippen MR) is 50.6 cm³/mol. The lowest BCUT2D eigenvalue weighted by Crippen LogP contribution is -2.22. The molecular formula is C8H10N2O2S. The molecule has 0 saturated carbocycles. The highest BCUT2D eigenvalue weighted by atomic mass is 32.2. The Bertz CT molecular complexity index is 280. The molecule has 1 aromatic rings. The average molecular weight is 198 g/mol. The first-order valence-electron chi connectivity index (χ1n) is 4.18. The molecule has 1 amide bonds. The molecule has 0 radical (unpaired) electrons. The van der Waals surface area contributed by atoms with Crippen LogP contribution in [0.2, 0.25) is 0 Å². The molecule has 1 atom stereocenters. The van der Waals surface area contributed by atoms with Gasteiger partial charge in [-0.05, 0) is 18.6 Å². The van der Waals surface area contributed by atoms with E-state index in [1.165, 1.54) is 12.5 Å². The lowest BCUT2D eigenvalue weighted by molar-refractivity contribution is -0.115. The van der Waals surface area contributed by atoms with Gasteiger partial charge in [-0.2, -0.15) is 0 Å². The van der Waals surface area contributed by atoms with Crippen molar-refractivity contribution >= 4 is 23.4 Å². The van der Waals surface area contributed by atoms with E-state index in [4.69, 9.17) is 0 Å². The number of thioether (sulfide) groups is 1. The summed E-state index contributed by atoms with van der Waals surface area (Å²) < 4.78 is 4.61. The molecular weight excluding hydrogens is 188 g/mol. The van der Waals surface area contributed by atoms with Crippen molar-refractivity contribution in [1.82, 2.24) is 5.16 Å². The number of amides is 1. The lowest BCUT2D eigenvalue weighted by atomic mass is 10.2. The third kappa shape index (κ3) is 2.03. The van der Waals surface area contributed by atoms with Crippen molar-refractivity contribution in [3.63, 3.8) is 0 Å². The third-order valence-electron chi connectivity index (χ3n) is 1.92. The van der Waals surface area contributed by atoms with Gasteiger partial charge >= 0.3 is 0 Å². The maximum Gasteiger partial charge on any atom is 0.237 e. The Kier molecular flexibility index (Phi) is 2.54. The minimum atomic E-state index is 0.0608. The summed E-state index contributed by atoms with van der Waals surface area (Å²) in [5.41, 5.74) is 0.637. The van der Waals surface area contributed by atoms with E-state index < -0.39 is 0 Å². The molecule has 1 aliphatic rings. The zero-order valence-electron chi connectivity index (χ0n) is 7.03. The summed E-state index contributed by atoms with van der Waals surface area (Å²) in [7, 11) is 0. The molecule has 0 aromatic carbocycles. The number of nitrogens with zero attached hydrogens (tertiary/aromatic N) is 1. The highest BCUT2D eigenvalue weighted by Gasteiger charge is 2.23. The van der Waals surface area contributed by atoms with Crippen LogP contribution in [0.4, 0.5) is 5.69 Å². The molecule has 0 bridgehead atoms. The first kappa shape index (κ1) is 8.62. The Balaban J connectivity index is 1.91. The van der Waals surface area contributed by atoms with Crippen LogP contribution in [0, 0.1) is 0 Å². The fourth-order valence-electron chi connectivity index (χ4n) is 1.27. The number of rotatable bonds is 2. The molecule has 0 aliphatic carbocycles. The fraction of sp³-hybridized carbons (Fsp3) is 0.500. The number of carbonyl (C=O) groups excluding carboxylic acids is 1. The molecule has 0 spiro atoms. The van der Waals surface area contributed by atoms with Crippen LogP contribution >= 0.6 is 11.8 Å². The summed E-state index contributed by atoms with van der Waals surface area (Å²) in [5, 5.41) is 6.36. The monoisotopic (exact) mass is 198 g/mol. The van der Waals surface area contributed by atoms with Gasteiger partial charge < -0.3 is 9.84 Å². The van der Waals surface area contributed by atoms with Crippen LogP contribution in [-0.4, -0.2) is 22.1 Å². The Morgan fingerprint density at radius 3 is 3.31 bits per heavy atom. The van der Waals surface area contributed by atoms with Gasteiger partial charge in [-0.1, -0.05) is 5.16 Å². The van der Waals surface area contributed by atoms with Crippen LogP contribution in [0.1, 0.15) is 12.8 Å². The van der Waals surface area contributed by atoms with Gasteiger partial charge in [-0.25, -0.2) is 0 Å². The molecule has 13 heavy (non-hydrogen) atoms. The van der Waals surface area contributed by atoms with E-state index in [0.717, 1.165) is 18.6 Å². The first-order chi connectivity index (χ1) is 6.36. The van der Waals surface area contributed by atoms with E-state index in [0.29, 0.717) is 5.69 Å². The third-order valence-corrected chi connectivity index (χ3v) is 3.30. The normalized spacial score (nSPS) is 21.7. The second-order valence-electron chi connectivity index (χ2n) is 2.90. The van der Waals surface area contributed by atoms with Crippen molar-refractivity contribution < 1.29 is 9.32 Å². The Morgan fingerprint density at radius 2 is 2.69 bits per heavy atom.